The second-order valence-corrected chi connectivity index (χ2v) is 10.3. The van der Waals surface area contributed by atoms with E-state index in [0.717, 1.165) is 12.1 Å². The number of hydrogen-bond acceptors (Lipinski definition) is 4. The molecule has 0 radical (unpaired) electrons. The molecule has 0 fully saturated rings. The fourth-order valence-electron chi connectivity index (χ4n) is 5.28. The Morgan fingerprint density at radius 2 is 1.70 bits per heavy atom. The van der Waals surface area contributed by atoms with E-state index in [9.17, 15) is 31.9 Å². The van der Waals surface area contributed by atoms with Crippen molar-refractivity contribution in [2.24, 2.45) is 0 Å². The maximum Gasteiger partial charge on any atom is 0.416 e. The molecule has 5 rings (SSSR count). The van der Waals surface area contributed by atoms with Crippen molar-refractivity contribution in [1.29, 1.82) is 0 Å². The predicted molar refractivity (Wildman–Crippen MR) is 157 cm³/mol. The summed E-state index contributed by atoms with van der Waals surface area (Å²) in [5.41, 5.74) is -0.0181. The topological polar surface area (TPSA) is 87.5 Å². The summed E-state index contributed by atoms with van der Waals surface area (Å²) in [6.07, 6.45) is -4.69. The van der Waals surface area contributed by atoms with Gasteiger partial charge in [0.25, 0.3) is 11.8 Å². The zero-order chi connectivity index (χ0) is 31.8. The van der Waals surface area contributed by atoms with Gasteiger partial charge in [-0.25, -0.2) is 9.07 Å². The average molecular weight is 628 g/mol. The lowest BCUT2D eigenvalue weighted by atomic mass is 9.81. The first-order chi connectivity index (χ1) is 21.0. The molecular weight excluding hydrogens is 602 g/mol. The van der Waals surface area contributed by atoms with E-state index in [2.05, 4.69) is 5.32 Å². The Labute approximate surface area is 254 Å². The third kappa shape index (κ3) is 5.64. The molecule has 0 saturated carbocycles. The maximum absolute atomic E-state index is 14.2. The van der Waals surface area contributed by atoms with Crippen molar-refractivity contribution in [3.05, 3.63) is 107 Å². The smallest absolute Gasteiger partial charge is 0.339 e. The van der Waals surface area contributed by atoms with Gasteiger partial charge in [0.05, 0.1) is 16.8 Å². The molecule has 4 aromatic rings. The third-order valence-corrected chi connectivity index (χ3v) is 7.63. The Kier molecular flexibility index (Phi) is 8.46. The predicted octanol–water partition coefficient (Wildman–Crippen LogP) is 5.53. The quantitative estimate of drug-likeness (QED) is 0.216. The Morgan fingerprint density at radius 1 is 1.02 bits per heavy atom. The van der Waals surface area contributed by atoms with Crippen molar-refractivity contribution in [1.82, 2.24) is 15.1 Å². The van der Waals surface area contributed by atoms with E-state index in [0.29, 0.717) is 28.7 Å². The molecule has 0 spiro atoms. The van der Waals surface area contributed by atoms with Crippen molar-refractivity contribution in [3.8, 4) is 5.69 Å². The van der Waals surface area contributed by atoms with Crippen molar-refractivity contribution < 1.29 is 31.9 Å². The lowest BCUT2D eigenvalue weighted by Crippen LogP contribution is -2.55. The molecule has 0 aliphatic carbocycles. The van der Waals surface area contributed by atoms with Crippen LogP contribution in [-0.4, -0.2) is 53.0 Å². The SMILES string of the molecule is CCN1C(=O)[C@@H](NC(=O)c2cccc(C(F)(F)F)c2)[C@@H](c2ccc(F)cc2)c2c(N(C)C(=O)CCl)nn(-c3ccccc3)c21. The molecule has 44 heavy (non-hydrogen) atoms. The number of carbonyl (C=O) groups is 3. The number of anilines is 2. The zero-order valence-electron chi connectivity index (χ0n) is 23.5. The minimum atomic E-state index is -4.69. The molecule has 228 valence electrons. The minimum absolute atomic E-state index is 0.114. The highest BCUT2D eigenvalue weighted by molar-refractivity contribution is 6.29. The molecule has 3 aromatic carbocycles. The van der Waals surface area contributed by atoms with Crippen LogP contribution in [0.25, 0.3) is 5.69 Å². The van der Waals surface area contributed by atoms with Gasteiger partial charge in [0.1, 0.15) is 23.6 Å². The average Bonchev–Trinajstić information content (AvgIpc) is 3.41. The Bertz CT molecular complexity index is 1710. The second-order valence-electron chi connectivity index (χ2n) is 10.0. The van der Waals surface area contributed by atoms with Crippen LogP contribution in [0, 0.1) is 5.82 Å². The largest absolute Gasteiger partial charge is 0.416 e. The summed E-state index contributed by atoms with van der Waals surface area (Å²) >= 11 is 5.89. The number of fused-ring (bicyclic) bond motifs is 1. The Morgan fingerprint density at radius 3 is 2.32 bits per heavy atom. The van der Waals surface area contributed by atoms with Gasteiger partial charge < -0.3 is 5.32 Å². The zero-order valence-corrected chi connectivity index (χ0v) is 24.2. The summed E-state index contributed by atoms with van der Waals surface area (Å²) in [5, 5.41) is 7.36. The van der Waals surface area contributed by atoms with Crippen LogP contribution in [-0.2, 0) is 15.8 Å². The molecule has 8 nitrogen and oxygen atoms in total. The fraction of sp³-hybridized carbons (Fsp3) is 0.226. The maximum atomic E-state index is 14.2. The van der Waals surface area contributed by atoms with Gasteiger partial charge in [0, 0.05) is 25.1 Å². The number of carbonyl (C=O) groups excluding carboxylic acids is 3. The standard InChI is InChI=1S/C31H26ClF4N5O3/c1-3-40-29-25(27(39(2)23(42)17-32)38-41(29)22-10-5-4-6-11-22)24(18-12-14-21(33)15-13-18)26(30(40)44)37-28(43)19-8-7-9-20(16-19)31(34,35)36/h4-16,24,26H,3,17H2,1-2H3,(H,37,43)/t24-,26-/m0/s1. The summed E-state index contributed by atoms with van der Waals surface area (Å²) in [6, 6.07) is 16.6. The van der Waals surface area contributed by atoms with Gasteiger partial charge in [0.15, 0.2) is 5.82 Å². The van der Waals surface area contributed by atoms with Crippen LogP contribution in [0.15, 0.2) is 78.9 Å². The summed E-state index contributed by atoms with van der Waals surface area (Å²) in [4.78, 5) is 43.2. The number of benzene rings is 3. The van der Waals surface area contributed by atoms with Crippen molar-refractivity contribution >= 4 is 41.0 Å². The first-order valence-electron chi connectivity index (χ1n) is 13.5. The van der Waals surface area contributed by atoms with E-state index in [4.69, 9.17) is 16.7 Å². The van der Waals surface area contributed by atoms with Crippen molar-refractivity contribution in [2.75, 3.05) is 29.3 Å². The van der Waals surface area contributed by atoms with Crippen LogP contribution < -0.4 is 15.1 Å². The number of likely N-dealkylation sites (N-methyl/N-ethyl adjacent to an activating group) is 1. The first-order valence-corrected chi connectivity index (χ1v) is 14.1. The second kappa shape index (κ2) is 12.1. The molecule has 13 heteroatoms. The molecular formula is C31H26ClF4N5O3. The van der Waals surface area contributed by atoms with Crippen LogP contribution in [0.4, 0.5) is 29.2 Å². The van der Waals surface area contributed by atoms with Gasteiger partial charge in [-0.2, -0.15) is 13.2 Å². The molecule has 2 heterocycles. The lowest BCUT2D eigenvalue weighted by molar-refractivity contribution is -0.137. The highest BCUT2D eigenvalue weighted by Crippen LogP contribution is 2.46. The third-order valence-electron chi connectivity index (χ3n) is 7.40. The number of nitrogens with zero attached hydrogens (tertiary/aromatic N) is 4. The summed E-state index contributed by atoms with van der Waals surface area (Å²) in [5.74, 6) is -3.53. The number of para-hydroxylation sites is 1. The number of rotatable bonds is 7. The van der Waals surface area contributed by atoms with Gasteiger partial charge in [-0.1, -0.05) is 36.4 Å². The van der Waals surface area contributed by atoms with Gasteiger partial charge in [-0.05, 0) is 55.0 Å². The monoisotopic (exact) mass is 627 g/mol. The summed E-state index contributed by atoms with van der Waals surface area (Å²) in [7, 11) is 1.47. The number of amides is 3. The van der Waals surface area contributed by atoms with E-state index in [1.165, 1.54) is 51.9 Å². The van der Waals surface area contributed by atoms with Crippen LogP contribution in [0.3, 0.4) is 0 Å². The van der Waals surface area contributed by atoms with E-state index in [1.54, 1.807) is 37.3 Å². The van der Waals surface area contributed by atoms with E-state index in [-0.39, 0.29) is 23.8 Å². The Balaban J connectivity index is 1.74. The van der Waals surface area contributed by atoms with E-state index < -0.39 is 47.2 Å². The number of halogens is 5. The van der Waals surface area contributed by atoms with Crippen LogP contribution >= 0.6 is 11.6 Å². The molecule has 0 unspecified atom stereocenters. The van der Waals surface area contributed by atoms with Crippen molar-refractivity contribution in [2.45, 2.75) is 25.1 Å². The van der Waals surface area contributed by atoms with Crippen LogP contribution in [0.1, 0.15) is 39.9 Å². The molecule has 2 atom stereocenters. The number of alkyl halides is 4. The van der Waals surface area contributed by atoms with E-state index in [1.807, 2.05) is 0 Å². The van der Waals surface area contributed by atoms with Gasteiger partial charge in [-0.15, -0.1) is 16.7 Å². The van der Waals surface area contributed by atoms with Gasteiger partial charge >= 0.3 is 6.18 Å². The molecule has 1 N–H and O–H groups in total. The van der Waals surface area contributed by atoms with Crippen LogP contribution in [0.5, 0.6) is 0 Å². The highest BCUT2D eigenvalue weighted by Gasteiger charge is 2.47. The Hall–Kier alpha value is -4.71. The molecule has 1 aliphatic heterocycles. The summed E-state index contributed by atoms with van der Waals surface area (Å²) < 4.78 is 55.8. The molecule has 0 bridgehead atoms. The first kappa shape index (κ1) is 30.7. The lowest BCUT2D eigenvalue weighted by Gasteiger charge is -2.38. The highest BCUT2D eigenvalue weighted by atomic mass is 35.5. The molecule has 0 saturated heterocycles. The van der Waals surface area contributed by atoms with Crippen LogP contribution in [0.2, 0.25) is 0 Å². The van der Waals surface area contributed by atoms with E-state index >= 15 is 0 Å². The van der Waals surface area contributed by atoms with Gasteiger partial charge in [0.2, 0.25) is 5.91 Å². The van der Waals surface area contributed by atoms with Crippen molar-refractivity contribution in [3.63, 3.8) is 0 Å². The molecule has 1 aromatic heterocycles. The van der Waals surface area contributed by atoms with Gasteiger partial charge in [-0.3, -0.25) is 24.2 Å². The summed E-state index contributed by atoms with van der Waals surface area (Å²) in [6.45, 7) is 1.82. The normalized spacial score (nSPS) is 16.4. The molecule has 3 amide bonds. The number of aromatic nitrogens is 2. The number of hydrogen-bond donors (Lipinski definition) is 1. The fourth-order valence-corrected chi connectivity index (χ4v) is 5.45. The minimum Gasteiger partial charge on any atom is -0.339 e. The molecule has 1 aliphatic rings. The number of nitrogens with one attached hydrogen (secondary N) is 1.